The Labute approximate surface area is 95.3 Å². The van der Waals surface area contributed by atoms with Crippen LogP contribution in [0.15, 0.2) is 0 Å². The van der Waals surface area contributed by atoms with Crippen molar-refractivity contribution in [2.45, 2.75) is 78.2 Å². The minimum Gasteiger partial charge on any atom is -0.390 e. The Hall–Kier alpha value is -0.0400. The fraction of sp³-hybridized carbons (Fsp3) is 1.00. The number of hydrogen-bond acceptors (Lipinski definition) is 1. The van der Waals surface area contributed by atoms with Gasteiger partial charge < -0.3 is 5.11 Å². The summed E-state index contributed by atoms with van der Waals surface area (Å²) in [6.45, 7) is 9.09. The molecule has 0 aliphatic heterocycles. The maximum Gasteiger partial charge on any atom is 0.0648 e. The monoisotopic (exact) mass is 212 g/mol. The summed E-state index contributed by atoms with van der Waals surface area (Å²) >= 11 is 0. The summed E-state index contributed by atoms with van der Waals surface area (Å²) in [6, 6.07) is 0. The molecule has 0 aromatic heterocycles. The van der Waals surface area contributed by atoms with Crippen molar-refractivity contribution in [3.05, 3.63) is 0 Å². The second kappa shape index (κ2) is 4.86. The van der Waals surface area contributed by atoms with Crippen LogP contribution in [0.4, 0.5) is 0 Å². The van der Waals surface area contributed by atoms with Crippen LogP contribution in [0.2, 0.25) is 0 Å². The second-order valence-electron chi connectivity index (χ2n) is 6.82. The van der Waals surface area contributed by atoms with E-state index in [0.29, 0.717) is 5.41 Å². The molecule has 1 heteroatoms. The molecule has 90 valence electrons. The van der Waals surface area contributed by atoms with E-state index in [4.69, 9.17) is 0 Å². The maximum atomic E-state index is 10.5. The van der Waals surface area contributed by atoms with Crippen molar-refractivity contribution in [3.63, 3.8) is 0 Å². The highest BCUT2D eigenvalue weighted by Crippen LogP contribution is 2.36. The Bertz CT molecular complexity index is 192. The Morgan fingerprint density at radius 2 is 1.87 bits per heavy atom. The Morgan fingerprint density at radius 3 is 2.47 bits per heavy atom. The summed E-state index contributed by atoms with van der Waals surface area (Å²) in [7, 11) is 0. The van der Waals surface area contributed by atoms with E-state index in [1.807, 2.05) is 0 Å². The molecule has 1 aliphatic carbocycles. The van der Waals surface area contributed by atoms with Crippen LogP contribution in [0, 0.1) is 11.3 Å². The van der Waals surface area contributed by atoms with Crippen LogP contribution in [0.1, 0.15) is 72.6 Å². The highest BCUT2D eigenvalue weighted by Gasteiger charge is 2.30. The fourth-order valence-corrected chi connectivity index (χ4v) is 2.42. The van der Waals surface area contributed by atoms with Crippen molar-refractivity contribution in [1.82, 2.24) is 0 Å². The van der Waals surface area contributed by atoms with E-state index in [2.05, 4.69) is 27.7 Å². The lowest BCUT2D eigenvalue weighted by Gasteiger charge is -2.30. The molecule has 1 fully saturated rings. The van der Waals surface area contributed by atoms with Gasteiger partial charge in [-0.15, -0.1) is 0 Å². The molecule has 0 heterocycles. The third kappa shape index (κ3) is 5.01. The molecule has 0 radical (unpaired) electrons. The summed E-state index contributed by atoms with van der Waals surface area (Å²) in [6.07, 6.45) is 7.89. The molecule has 2 atom stereocenters. The van der Waals surface area contributed by atoms with Gasteiger partial charge in [0.25, 0.3) is 0 Å². The van der Waals surface area contributed by atoms with Crippen LogP contribution in [0.5, 0.6) is 0 Å². The van der Waals surface area contributed by atoms with Gasteiger partial charge >= 0.3 is 0 Å². The summed E-state index contributed by atoms with van der Waals surface area (Å²) in [4.78, 5) is 0. The standard InChI is InChI=1S/C14H28O/c1-12-6-5-8-14(15,9-7-12)11-10-13(2,3)4/h12,15H,5-11H2,1-4H3. The van der Waals surface area contributed by atoms with Gasteiger partial charge in [-0.1, -0.05) is 40.5 Å². The first-order chi connectivity index (χ1) is 6.81. The van der Waals surface area contributed by atoms with Gasteiger partial charge in [-0.05, 0) is 43.4 Å². The van der Waals surface area contributed by atoms with Crippen molar-refractivity contribution in [2.75, 3.05) is 0 Å². The number of hydrogen-bond donors (Lipinski definition) is 1. The lowest BCUT2D eigenvalue weighted by Crippen LogP contribution is -2.29. The first-order valence-electron chi connectivity index (χ1n) is 6.53. The van der Waals surface area contributed by atoms with E-state index in [1.54, 1.807) is 0 Å². The quantitative estimate of drug-likeness (QED) is 0.682. The Morgan fingerprint density at radius 1 is 1.20 bits per heavy atom. The van der Waals surface area contributed by atoms with E-state index in [0.717, 1.165) is 31.6 Å². The first-order valence-corrected chi connectivity index (χ1v) is 6.53. The molecular formula is C14H28O. The summed E-state index contributed by atoms with van der Waals surface area (Å²) in [5.41, 5.74) is 0.00565. The van der Waals surface area contributed by atoms with Gasteiger partial charge in [-0.3, -0.25) is 0 Å². The highest BCUT2D eigenvalue weighted by atomic mass is 16.3. The Kier molecular flexibility index (Phi) is 4.22. The molecule has 1 N–H and O–H groups in total. The number of rotatable bonds is 2. The summed E-state index contributed by atoms with van der Waals surface area (Å²) < 4.78 is 0. The average Bonchev–Trinajstić information content (AvgIpc) is 2.26. The largest absolute Gasteiger partial charge is 0.390 e. The van der Waals surface area contributed by atoms with E-state index in [-0.39, 0.29) is 5.60 Å². The molecule has 1 nitrogen and oxygen atoms in total. The van der Waals surface area contributed by atoms with E-state index in [9.17, 15) is 5.11 Å². The maximum absolute atomic E-state index is 10.5. The molecule has 0 saturated heterocycles. The third-order valence-electron chi connectivity index (χ3n) is 3.78. The van der Waals surface area contributed by atoms with Gasteiger partial charge in [0.1, 0.15) is 0 Å². The normalized spacial score (nSPS) is 33.8. The van der Waals surface area contributed by atoms with Gasteiger partial charge in [0.2, 0.25) is 0 Å². The van der Waals surface area contributed by atoms with E-state index in [1.165, 1.54) is 19.3 Å². The van der Waals surface area contributed by atoms with Gasteiger partial charge in [0.05, 0.1) is 5.60 Å². The zero-order chi connectivity index (χ0) is 11.5. The summed E-state index contributed by atoms with van der Waals surface area (Å²) in [5, 5.41) is 10.5. The van der Waals surface area contributed by atoms with Gasteiger partial charge in [-0.2, -0.15) is 0 Å². The van der Waals surface area contributed by atoms with Crippen molar-refractivity contribution < 1.29 is 5.11 Å². The topological polar surface area (TPSA) is 20.2 Å². The zero-order valence-corrected chi connectivity index (χ0v) is 11.0. The van der Waals surface area contributed by atoms with Gasteiger partial charge in [0.15, 0.2) is 0 Å². The molecule has 2 unspecified atom stereocenters. The van der Waals surface area contributed by atoms with Gasteiger partial charge in [0, 0.05) is 0 Å². The van der Waals surface area contributed by atoms with Crippen LogP contribution in [-0.4, -0.2) is 10.7 Å². The minimum atomic E-state index is -0.349. The summed E-state index contributed by atoms with van der Waals surface area (Å²) in [5.74, 6) is 0.814. The predicted octanol–water partition coefficient (Wildman–Crippen LogP) is 4.14. The molecular weight excluding hydrogens is 184 g/mol. The highest BCUT2D eigenvalue weighted by molar-refractivity contribution is 4.84. The molecule has 1 aliphatic rings. The SMILES string of the molecule is CC1CCCC(O)(CCC(C)(C)C)CC1. The molecule has 0 spiro atoms. The van der Waals surface area contributed by atoms with Crippen LogP contribution >= 0.6 is 0 Å². The van der Waals surface area contributed by atoms with Crippen molar-refractivity contribution >= 4 is 0 Å². The predicted molar refractivity (Wildman–Crippen MR) is 65.9 cm³/mol. The molecule has 0 amide bonds. The van der Waals surface area contributed by atoms with Crippen molar-refractivity contribution in [1.29, 1.82) is 0 Å². The fourth-order valence-electron chi connectivity index (χ4n) is 2.42. The van der Waals surface area contributed by atoms with Crippen molar-refractivity contribution in [2.24, 2.45) is 11.3 Å². The Balaban J connectivity index is 2.43. The van der Waals surface area contributed by atoms with Crippen LogP contribution < -0.4 is 0 Å². The molecule has 15 heavy (non-hydrogen) atoms. The zero-order valence-electron chi connectivity index (χ0n) is 11.0. The third-order valence-corrected chi connectivity index (χ3v) is 3.78. The lowest BCUT2D eigenvalue weighted by molar-refractivity contribution is 0.00592. The molecule has 0 aromatic rings. The van der Waals surface area contributed by atoms with E-state index < -0.39 is 0 Å². The number of aliphatic hydroxyl groups is 1. The molecule has 0 bridgehead atoms. The van der Waals surface area contributed by atoms with Crippen LogP contribution in [0.3, 0.4) is 0 Å². The van der Waals surface area contributed by atoms with Crippen LogP contribution in [0.25, 0.3) is 0 Å². The van der Waals surface area contributed by atoms with Gasteiger partial charge in [-0.25, -0.2) is 0 Å². The molecule has 0 aromatic carbocycles. The molecule has 1 rings (SSSR count). The second-order valence-corrected chi connectivity index (χ2v) is 6.82. The average molecular weight is 212 g/mol. The van der Waals surface area contributed by atoms with Crippen LogP contribution in [-0.2, 0) is 0 Å². The first kappa shape index (κ1) is 13.0. The smallest absolute Gasteiger partial charge is 0.0648 e. The lowest BCUT2D eigenvalue weighted by atomic mass is 9.81. The van der Waals surface area contributed by atoms with E-state index >= 15 is 0 Å². The molecule has 1 saturated carbocycles. The van der Waals surface area contributed by atoms with Crippen molar-refractivity contribution in [3.8, 4) is 0 Å². The minimum absolute atomic E-state index is 0.349.